The second kappa shape index (κ2) is 6.36. The normalized spacial score (nSPS) is 12.2. The molecular weight excluding hydrogens is 302 g/mol. The van der Waals surface area contributed by atoms with E-state index in [1.807, 2.05) is 13.8 Å². The lowest BCUT2D eigenvalue weighted by Gasteiger charge is -2.13. The minimum Gasteiger partial charge on any atom is -0.481 e. The van der Waals surface area contributed by atoms with E-state index in [4.69, 9.17) is 11.6 Å². The number of nitrogens with zero attached hydrogens (tertiary/aromatic N) is 1. The Morgan fingerprint density at radius 1 is 1.27 bits per heavy atom. The van der Waals surface area contributed by atoms with Gasteiger partial charge in [0.05, 0.1) is 11.6 Å². The summed E-state index contributed by atoms with van der Waals surface area (Å²) < 4.78 is 1.65. The fraction of sp³-hybridized carbons (Fsp3) is 0.294. The molecule has 5 heteroatoms. The third-order valence-corrected chi connectivity index (χ3v) is 4.30. The number of carbonyl (C=O) groups excluding carboxylic acids is 1. The Labute approximate surface area is 134 Å². The van der Waals surface area contributed by atoms with Crippen LogP contribution in [0, 0.1) is 6.92 Å². The summed E-state index contributed by atoms with van der Waals surface area (Å²) >= 11 is 6.07. The van der Waals surface area contributed by atoms with Gasteiger partial charge >= 0.3 is 5.97 Å². The van der Waals surface area contributed by atoms with Gasteiger partial charge in [0.25, 0.3) is 0 Å². The highest BCUT2D eigenvalue weighted by atomic mass is 35.5. The van der Waals surface area contributed by atoms with Crippen molar-refractivity contribution in [2.75, 3.05) is 0 Å². The minimum atomic E-state index is -0.888. The molecule has 1 heterocycles. The lowest BCUT2D eigenvalue weighted by Crippen LogP contribution is -2.16. The molecule has 1 aromatic carbocycles. The fourth-order valence-electron chi connectivity index (χ4n) is 2.50. The number of rotatable bonds is 5. The summed E-state index contributed by atoms with van der Waals surface area (Å²) in [5, 5.41) is 9.81. The number of carboxylic acids is 1. The second-order valence-electron chi connectivity index (χ2n) is 5.29. The second-order valence-corrected chi connectivity index (χ2v) is 5.70. The molecule has 0 saturated carbocycles. The lowest BCUT2D eigenvalue weighted by molar-refractivity contribution is -0.139. The van der Waals surface area contributed by atoms with Gasteiger partial charge in [0.2, 0.25) is 5.78 Å². The van der Waals surface area contributed by atoms with Crippen LogP contribution in [-0.2, 0) is 11.8 Å². The first kappa shape index (κ1) is 16.3. The molecule has 0 fully saturated rings. The average molecular weight is 320 g/mol. The number of aromatic nitrogens is 1. The molecule has 116 valence electrons. The molecule has 2 aromatic rings. The van der Waals surface area contributed by atoms with E-state index in [-0.39, 0.29) is 5.78 Å². The van der Waals surface area contributed by atoms with Gasteiger partial charge < -0.3 is 9.67 Å². The number of aliphatic carboxylic acids is 1. The molecule has 22 heavy (non-hydrogen) atoms. The predicted molar refractivity (Wildman–Crippen MR) is 85.7 cm³/mol. The van der Waals surface area contributed by atoms with Crippen LogP contribution in [0.3, 0.4) is 0 Å². The summed E-state index contributed by atoms with van der Waals surface area (Å²) in [5.41, 5.74) is 2.47. The van der Waals surface area contributed by atoms with Crippen LogP contribution in [-0.4, -0.2) is 21.4 Å². The van der Waals surface area contributed by atoms with Gasteiger partial charge in [-0.3, -0.25) is 9.59 Å². The summed E-state index contributed by atoms with van der Waals surface area (Å²) in [6.45, 7) is 3.68. The summed E-state index contributed by atoms with van der Waals surface area (Å²) in [6.07, 6.45) is 0.469. The van der Waals surface area contributed by atoms with Gasteiger partial charge in [0.15, 0.2) is 0 Å². The third-order valence-electron chi connectivity index (χ3n) is 3.89. The molecule has 4 nitrogen and oxygen atoms in total. The Hall–Kier alpha value is -2.07. The van der Waals surface area contributed by atoms with Crippen molar-refractivity contribution in [1.82, 2.24) is 4.57 Å². The van der Waals surface area contributed by atoms with Crippen molar-refractivity contribution < 1.29 is 14.7 Å². The Morgan fingerprint density at radius 3 is 2.50 bits per heavy atom. The number of hydrogen-bond donors (Lipinski definition) is 1. The van der Waals surface area contributed by atoms with E-state index in [1.165, 1.54) is 0 Å². The molecule has 0 amide bonds. The molecule has 0 saturated heterocycles. The number of hydrogen-bond acceptors (Lipinski definition) is 2. The maximum absolute atomic E-state index is 12.6. The average Bonchev–Trinajstić information content (AvgIpc) is 2.84. The van der Waals surface area contributed by atoms with Crippen LogP contribution in [0.25, 0.3) is 0 Å². The first-order valence-electron chi connectivity index (χ1n) is 7.06. The van der Waals surface area contributed by atoms with Crippen LogP contribution in [0.5, 0.6) is 0 Å². The molecule has 0 aliphatic rings. The molecule has 1 N–H and O–H groups in total. The third kappa shape index (κ3) is 2.92. The molecule has 1 unspecified atom stereocenters. The van der Waals surface area contributed by atoms with Gasteiger partial charge in [0, 0.05) is 23.3 Å². The topological polar surface area (TPSA) is 59.3 Å². The maximum atomic E-state index is 12.6. The van der Waals surface area contributed by atoms with Crippen LogP contribution >= 0.6 is 11.6 Å². The van der Waals surface area contributed by atoms with Crippen molar-refractivity contribution in [3.63, 3.8) is 0 Å². The van der Waals surface area contributed by atoms with Crippen LogP contribution in [0.1, 0.15) is 46.6 Å². The summed E-state index contributed by atoms with van der Waals surface area (Å²) in [5.74, 6) is -1.68. The van der Waals surface area contributed by atoms with E-state index < -0.39 is 11.9 Å². The molecule has 0 spiro atoms. The largest absolute Gasteiger partial charge is 0.481 e. The van der Waals surface area contributed by atoms with Gasteiger partial charge in [-0.15, -0.1) is 0 Å². The lowest BCUT2D eigenvalue weighted by atomic mass is 10.0. The zero-order valence-corrected chi connectivity index (χ0v) is 13.5. The molecule has 1 atom stereocenters. The van der Waals surface area contributed by atoms with Gasteiger partial charge in [-0.1, -0.05) is 30.7 Å². The SMILES string of the molecule is CCC(C(=O)O)c1ccc(C(=O)c2ccc(C)c(Cl)c2)n1C. The first-order chi connectivity index (χ1) is 10.4. The Morgan fingerprint density at radius 2 is 1.95 bits per heavy atom. The van der Waals surface area contributed by atoms with Crippen molar-refractivity contribution >= 4 is 23.4 Å². The highest BCUT2D eigenvalue weighted by Gasteiger charge is 2.23. The van der Waals surface area contributed by atoms with E-state index in [1.54, 1.807) is 41.9 Å². The van der Waals surface area contributed by atoms with Crippen molar-refractivity contribution in [2.24, 2.45) is 7.05 Å². The molecular formula is C17H18ClNO3. The smallest absolute Gasteiger partial charge is 0.312 e. The molecule has 0 bridgehead atoms. The van der Waals surface area contributed by atoms with Crippen LogP contribution in [0.2, 0.25) is 5.02 Å². The van der Waals surface area contributed by atoms with Gasteiger partial charge in [0.1, 0.15) is 0 Å². The zero-order valence-electron chi connectivity index (χ0n) is 12.8. The van der Waals surface area contributed by atoms with Gasteiger partial charge in [-0.05, 0) is 37.1 Å². The highest BCUT2D eigenvalue weighted by molar-refractivity contribution is 6.31. The van der Waals surface area contributed by atoms with Gasteiger partial charge in [-0.25, -0.2) is 0 Å². The molecule has 0 aliphatic carbocycles. The fourth-order valence-corrected chi connectivity index (χ4v) is 2.68. The number of aryl methyl sites for hydroxylation is 1. The summed E-state index contributed by atoms with van der Waals surface area (Å²) in [7, 11) is 1.71. The Balaban J connectivity index is 2.41. The van der Waals surface area contributed by atoms with Crippen LogP contribution in [0.4, 0.5) is 0 Å². The predicted octanol–water partition coefficient (Wildman–Crippen LogP) is 3.80. The monoisotopic (exact) mass is 319 g/mol. The standard InChI is InChI=1S/C17H18ClNO3/c1-4-12(17(21)22)14-7-8-15(19(14)3)16(20)11-6-5-10(2)13(18)9-11/h5-9,12H,4H2,1-3H3,(H,21,22). The highest BCUT2D eigenvalue weighted by Crippen LogP contribution is 2.24. The van der Waals surface area contributed by atoms with E-state index >= 15 is 0 Å². The number of ketones is 1. The van der Waals surface area contributed by atoms with Gasteiger partial charge in [-0.2, -0.15) is 0 Å². The van der Waals surface area contributed by atoms with E-state index in [2.05, 4.69) is 0 Å². The summed E-state index contributed by atoms with van der Waals surface area (Å²) in [4.78, 5) is 23.9. The first-order valence-corrected chi connectivity index (χ1v) is 7.43. The van der Waals surface area contributed by atoms with Crippen molar-refractivity contribution in [1.29, 1.82) is 0 Å². The zero-order chi connectivity index (χ0) is 16.4. The van der Waals surface area contributed by atoms with Crippen LogP contribution in [0.15, 0.2) is 30.3 Å². The van der Waals surface area contributed by atoms with E-state index in [0.29, 0.717) is 28.4 Å². The number of carboxylic acid groups (broad SMARTS) is 1. The van der Waals surface area contributed by atoms with Crippen LogP contribution < -0.4 is 0 Å². The van der Waals surface area contributed by atoms with Crippen molar-refractivity contribution in [3.05, 3.63) is 57.9 Å². The number of benzene rings is 1. The minimum absolute atomic E-state index is 0.170. The maximum Gasteiger partial charge on any atom is 0.312 e. The quantitative estimate of drug-likeness (QED) is 0.853. The Bertz CT molecular complexity index is 734. The Kier molecular flexibility index (Phi) is 4.71. The molecule has 0 aliphatic heterocycles. The van der Waals surface area contributed by atoms with E-state index in [0.717, 1.165) is 5.56 Å². The number of halogens is 1. The van der Waals surface area contributed by atoms with Crippen molar-refractivity contribution in [3.8, 4) is 0 Å². The molecule has 2 rings (SSSR count). The van der Waals surface area contributed by atoms with Crippen molar-refractivity contribution in [2.45, 2.75) is 26.2 Å². The summed E-state index contributed by atoms with van der Waals surface area (Å²) in [6, 6.07) is 8.53. The number of carbonyl (C=O) groups is 2. The van der Waals surface area contributed by atoms with E-state index in [9.17, 15) is 14.7 Å². The molecule has 0 radical (unpaired) electrons. The molecule has 1 aromatic heterocycles.